The number of thiazole rings is 1. The Hall–Kier alpha value is -1.65. The fourth-order valence-corrected chi connectivity index (χ4v) is 3.27. The number of para-hydroxylation sites is 1. The molecule has 0 aliphatic carbocycles. The molecule has 2 aromatic heterocycles. The molecule has 0 aliphatic rings. The van der Waals surface area contributed by atoms with Crippen LogP contribution in [0.25, 0.3) is 10.9 Å². The molecule has 0 spiro atoms. The minimum Gasteiger partial charge on any atom is -0.392 e. The Morgan fingerprint density at radius 3 is 2.74 bits per heavy atom. The van der Waals surface area contributed by atoms with E-state index in [2.05, 4.69) is 28.6 Å². The van der Waals surface area contributed by atoms with Gasteiger partial charge >= 0.3 is 0 Å². The van der Waals surface area contributed by atoms with Crippen molar-refractivity contribution in [3.05, 3.63) is 51.6 Å². The van der Waals surface area contributed by atoms with Crippen LogP contribution >= 0.6 is 11.3 Å². The van der Waals surface area contributed by atoms with Gasteiger partial charge in [-0.3, -0.25) is 0 Å². The molecular weight excluding hydrogens is 256 g/mol. The Bertz CT molecular complexity index is 707. The average molecular weight is 272 g/mol. The summed E-state index contributed by atoms with van der Waals surface area (Å²) in [7, 11) is 0. The van der Waals surface area contributed by atoms with E-state index in [9.17, 15) is 5.11 Å². The normalized spacial score (nSPS) is 11.3. The Morgan fingerprint density at radius 2 is 2.05 bits per heavy atom. The molecule has 19 heavy (non-hydrogen) atoms. The van der Waals surface area contributed by atoms with E-state index in [4.69, 9.17) is 0 Å². The van der Waals surface area contributed by atoms with Crippen LogP contribution in [-0.4, -0.2) is 14.7 Å². The van der Waals surface area contributed by atoms with Crippen LogP contribution in [0, 0.1) is 13.8 Å². The zero-order valence-corrected chi connectivity index (χ0v) is 11.9. The molecule has 0 atom stereocenters. The first-order valence-electron chi connectivity index (χ1n) is 6.29. The first-order valence-corrected chi connectivity index (χ1v) is 7.11. The second-order valence-electron chi connectivity index (χ2n) is 4.71. The van der Waals surface area contributed by atoms with E-state index in [1.807, 2.05) is 25.3 Å². The van der Waals surface area contributed by atoms with Gasteiger partial charge < -0.3 is 9.67 Å². The van der Waals surface area contributed by atoms with Crippen LogP contribution in [0.5, 0.6) is 0 Å². The SMILES string of the molecule is Cc1nc(Cn2cc(CO)c3ccccc32)sc1C. The molecule has 2 heterocycles. The van der Waals surface area contributed by atoms with Gasteiger partial charge in [0, 0.05) is 27.5 Å². The summed E-state index contributed by atoms with van der Waals surface area (Å²) in [6, 6.07) is 8.17. The highest BCUT2D eigenvalue weighted by Crippen LogP contribution is 2.24. The lowest BCUT2D eigenvalue weighted by atomic mass is 10.2. The molecule has 0 fully saturated rings. The van der Waals surface area contributed by atoms with Crippen LogP contribution in [0.2, 0.25) is 0 Å². The van der Waals surface area contributed by atoms with Gasteiger partial charge in [-0.15, -0.1) is 11.3 Å². The Labute approximate surface area is 116 Å². The van der Waals surface area contributed by atoms with Crippen LogP contribution < -0.4 is 0 Å². The van der Waals surface area contributed by atoms with Gasteiger partial charge in [-0.25, -0.2) is 4.98 Å². The lowest BCUT2D eigenvalue weighted by Gasteiger charge is -2.01. The second kappa shape index (κ2) is 4.79. The highest BCUT2D eigenvalue weighted by atomic mass is 32.1. The number of fused-ring (bicyclic) bond motifs is 1. The van der Waals surface area contributed by atoms with E-state index < -0.39 is 0 Å². The zero-order chi connectivity index (χ0) is 13.4. The van der Waals surface area contributed by atoms with E-state index >= 15 is 0 Å². The third kappa shape index (κ3) is 2.17. The van der Waals surface area contributed by atoms with Crippen molar-refractivity contribution in [2.24, 2.45) is 0 Å². The molecule has 0 amide bonds. The molecule has 0 saturated heterocycles. The Morgan fingerprint density at radius 1 is 1.26 bits per heavy atom. The van der Waals surface area contributed by atoms with Crippen LogP contribution in [0.4, 0.5) is 0 Å². The van der Waals surface area contributed by atoms with Gasteiger partial charge in [0.15, 0.2) is 0 Å². The van der Waals surface area contributed by atoms with E-state index in [-0.39, 0.29) is 6.61 Å². The fourth-order valence-electron chi connectivity index (χ4n) is 2.33. The van der Waals surface area contributed by atoms with E-state index in [1.165, 1.54) is 4.88 Å². The summed E-state index contributed by atoms with van der Waals surface area (Å²) in [5.74, 6) is 0. The first-order chi connectivity index (χ1) is 9.19. The molecule has 0 radical (unpaired) electrons. The largest absolute Gasteiger partial charge is 0.392 e. The molecule has 0 saturated carbocycles. The van der Waals surface area contributed by atoms with Crippen molar-refractivity contribution in [2.75, 3.05) is 0 Å². The maximum atomic E-state index is 9.44. The molecule has 0 aliphatic heterocycles. The van der Waals surface area contributed by atoms with Crippen molar-refractivity contribution in [2.45, 2.75) is 27.0 Å². The number of aliphatic hydroxyl groups is 1. The van der Waals surface area contributed by atoms with Crippen molar-refractivity contribution in [1.29, 1.82) is 0 Å². The van der Waals surface area contributed by atoms with Gasteiger partial charge in [0.05, 0.1) is 18.8 Å². The molecule has 3 rings (SSSR count). The molecule has 1 N–H and O–H groups in total. The van der Waals surface area contributed by atoms with Crippen molar-refractivity contribution < 1.29 is 5.11 Å². The minimum atomic E-state index is 0.0729. The molecule has 3 aromatic rings. The van der Waals surface area contributed by atoms with Crippen molar-refractivity contribution in [1.82, 2.24) is 9.55 Å². The summed E-state index contributed by atoms with van der Waals surface area (Å²) in [4.78, 5) is 5.85. The monoisotopic (exact) mass is 272 g/mol. The summed E-state index contributed by atoms with van der Waals surface area (Å²) in [5, 5.41) is 11.7. The number of aliphatic hydroxyl groups excluding tert-OH is 1. The number of rotatable bonds is 3. The molecule has 0 unspecified atom stereocenters. The summed E-state index contributed by atoms with van der Waals surface area (Å²) >= 11 is 1.74. The van der Waals surface area contributed by atoms with Crippen LogP contribution in [-0.2, 0) is 13.2 Å². The van der Waals surface area contributed by atoms with Gasteiger partial charge in [-0.2, -0.15) is 0 Å². The lowest BCUT2D eigenvalue weighted by Crippen LogP contribution is -1.97. The molecule has 4 heteroatoms. The van der Waals surface area contributed by atoms with E-state index in [0.29, 0.717) is 0 Å². The highest BCUT2D eigenvalue weighted by Gasteiger charge is 2.10. The van der Waals surface area contributed by atoms with E-state index in [0.717, 1.165) is 33.7 Å². The van der Waals surface area contributed by atoms with Gasteiger partial charge in [-0.1, -0.05) is 18.2 Å². The quantitative estimate of drug-likeness (QED) is 0.794. The number of benzene rings is 1. The fraction of sp³-hybridized carbons (Fsp3) is 0.267. The number of aromatic nitrogens is 2. The number of hydrogen-bond acceptors (Lipinski definition) is 3. The second-order valence-corrected chi connectivity index (χ2v) is 5.99. The summed E-state index contributed by atoms with van der Waals surface area (Å²) < 4.78 is 2.17. The first kappa shape index (κ1) is 12.4. The lowest BCUT2D eigenvalue weighted by molar-refractivity contribution is 0.283. The van der Waals surface area contributed by atoms with Gasteiger partial charge in [-0.05, 0) is 19.9 Å². The molecule has 0 bridgehead atoms. The number of aryl methyl sites for hydroxylation is 2. The third-order valence-electron chi connectivity index (χ3n) is 3.42. The Balaban J connectivity index is 2.05. The van der Waals surface area contributed by atoms with Gasteiger partial charge in [0.25, 0.3) is 0 Å². The predicted molar refractivity (Wildman–Crippen MR) is 78.6 cm³/mol. The maximum Gasteiger partial charge on any atom is 0.113 e. The highest BCUT2D eigenvalue weighted by molar-refractivity contribution is 7.11. The zero-order valence-electron chi connectivity index (χ0n) is 11.1. The number of nitrogens with zero attached hydrogens (tertiary/aromatic N) is 2. The predicted octanol–water partition coefficient (Wildman–Crippen LogP) is 3.26. The van der Waals surface area contributed by atoms with Crippen LogP contribution in [0.1, 0.15) is 21.1 Å². The van der Waals surface area contributed by atoms with Crippen molar-refractivity contribution >= 4 is 22.2 Å². The van der Waals surface area contributed by atoms with Crippen LogP contribution in [0.15, 0.2) is 30.5 Å². The molecule has 1 aromatic carbocycles. The van der Waals surface area contributed by atoms with Crippen molar-refractivity contribution in [3.8, 4) is 0 Å². The summed E-state index contributed by atoms with van der Waals surface area (Å²) in [5.41, 5.74) is 3.23. The van der Waals surface area contributed by atoms with Crippen molar-refractivity contribution in [3.63, 3.8) is 0 Å². The smallest absolute Gasteiger partial charge is 0.113 e. The van der Waals surface area contributed by atoms with Gasteiger partial charge in [0.1, 0.15) is 5.01 Å². The molecule has 98 valence electrons. The van der Waals surface area contributed by atoms with Crippen LogP contribution in [0.3, 0.4) is 0 Å². The third-order valence-corrected chi connectivity index (χ3v) is 4.48. The van der Waals surface area contributed by atoms with Gasteiger partial charge in [0.2, 0.25) is 0 Å². The summed E-state index contributed by atoms with van der Waals surface area (Å²) in [6.45, 7) is 4.98. The standard InChI is InChI=1S/C15H16N2OS/c1-10-11(2)19-15(16-10)8-17-7-12(9-18)13-5-3-4-6-14(13)17/h3-7,18H,8-9H2,1-2H3. The average Bonchev–Trinajstić information content (AvgIpc) is 2.92. The maximum absolute atomic E-state index is 9.44. The number of hydrogen-bond donors (Lipinski definition) is 1. The Kier molecular flexibility index (Phi) is 3.12. The van der Waals surface area contributed by atoms with E-state index in [1.54, 1.807) is 11.3 Å². The molecule has 3 nitrogen and oxygen atoms in total. The molecular formula is C15H16N2OS. The summed E-state index contributed by atoms with van der Waals surface area (Å²) in [6.07, 6.45) is 2.02. The minimum absolute atomic E-state index is 0.0729. The topological polar surface area (TPSA) is 38.0 Å².